The molecule has 1 aromatic rings. The summed E-state index contributed by atoms with van der Waals surface area (Å²) in [6, 6.07) is 12.6. The Labute approximate surface area is 130 Å². The van der Waals surface area contributed by atoms with E-state index in [0.29, 0.717) is 18.1 Å². The van der Waals surface area contributed by atoms with Crippen LogP contribution in [0.4, 0.5) is 0 Å². The first-order valence-corrected chi connectivity index (χ1v) is 8.68. The molecule has 1 aliphatic rings. The first kappa shape index (κ1) is 16.5. The summed E-state index contributed by atoms with van der Waals surface area (Å²) in [6.07, 6.45) is 6.62. The van der Waals surface area contributed by atoms with Crippen LogP contribution in [0.15, 0.2) is 30.3 Å². The summed E-state index contributed by atoms with van der Waals surface area (Å²) in [7, 11) is 0. The maximum atomic E-state index is 3.87. The molecule has 0 saturated heterocycles. The molecule has 1 saturated carbocycles. The third-order valence-electron chi connectivity index (χ3n) is 4.50. The van der Waals surface area contributed by atoms with Crippen molar-refractivity contribution in [1.29, 1.82) is 0 Å². The molecule has 2 nitrogen and oxygen atoms in total. The zero-order valence-electron chi connectivity index (χ0n) is 13.9. The Morgan fingerprint density at radius 1 is 1.00 bits per heavy atom. The highest BCUT2D eigenvalue weighted by atomic mass is 15.0. The monoisotopic (exact) mass is 288 g/mol. The van der Waals surface area contributed by atoms with E-state index < -0.39 is 0 Å². The molecule has 0 heterocycles. The van der Waals surface area contributed by atoms with Crippen LogP contribution in [-0.2, 0) is 6.54 Å². The third kappa shape index (κ3) is 5.80. The minimum Gasteiger partial charge on any atom is -0.310 e. The van der Waals surface area contributed by atoms with E-state index in [-0.39, 0.29) is 0 Å². The number of rotatable bonds is 7. The van der Waals surface area contributed by atoms with Crippen LogP contribution in [0.3, 0.4) is 0 Å². The van der Waals surface area contributed by atoms with Crippen LogP contribution in [0, 0.1) is 5.92 Å². The highest BCUT2D eigenvalue weighted by molar-refractivity contribution is 5.14. The lowest BCUT2D eigenvalue weighted by Gasteiger charge is -2.35. The molecule has 21 heavy (non-hydrogen) atoms. The molecular weight excluding hydrogens is 256 g/mol. The smallest absolute Gasteiger partial charge is 0.0224 e. The predicted octanol–water partition coefficient (Wildman–Crippen LogP) is 4.11. The van der Waals surface area contributed by atoms with Gasteiger partial charge in [0.1, 0.15) is 0 Å². The van der Waals surface area contributed by atoms with Crippen molar-refractivity contribution in [3.05, 3.63) is 35.9 Å². The second-order valence-corrected chi connectivity index (χ2v) is 7.06. The van der Waals surface area contributed by atoms with Crippen molar-refractivity contribution in [2.24, 2.45) is 5.92 Å². The maximum absolute atomic E-state index is 3.87. The van der Waals surface area contributed by atoms with Crippen molar-refractivity contribution < 1.29 is 0 Å². The Morgan fingerprint density at radius 2 is 1.67 bits per heavy atom. The first-order valence-electron chi connectivity index (χ1n) is 8.68. The van der Waals surface area contributed by atoms with E-state index in [1.807, 2.05) is 0 Å². The van der Waals surface area contributed by atoms with Crippen LogP contribution >= 0.6 is 0 Å². The van der Waals surface area contributed by atoms with E-state index in [2.05, 4.69) is 61.7 Å². The molecular formula is C19H32N2. The van der Waals surface area contributed by atoms with Gasteiger partial charge in [0, 0.05) is 24.7 Å². The summed E-state index contributed by atoms with van der Waals surface area (Å²) in [6.45, 7) is 7.94. The van der Waals surface area contributed by atoms with E-state index in [1.165, 1.54) is 37.7 Å². The largest absolute Gasteiger partial charge is 0.310 e. The molecule has 1 aromatic carbocycles. The standard InChI is InChI=1S/C19H32N2/c1-15(2)13-16(3)21-19-12-8-7-11-18(19)20-14-17-9-5-4-6-10-17/h4-6,9-10,15-16,18-21H,7-8,11-14H2,1-3H3/t16?,18-,19-/m1/s1. The molecule has 0 radical (unpaired) electrons. The molecule has 2 rings (SSSR count). The van der Waals surface area contributed by atoms with Crippen LogP contribution in [0.25, 0.3) is 0 Å². The maximum Gasteiger partial charge on any atom is 0.0224 e. The van der Waals surface area contributed by atoms with Crippen LogP contribution in [0.1, 0.15) is 58.4 Å². The third-order valence-corrected chi connectivity index (χ3v) is 4.50. The normalized spacial score (nSPS) is 24.2. The van der Waals surface area contributed by atoms with Crippen molar-refractivity contribution in [2.45, 2.75) is 77.5 Å². The zero-order valence-corrected chi connectivity index (χ0v) is 13.9. The lowest BCUT2D eigenvalue weighted by molar-refractivity contribution is 0.255. The molecule has 118 valence electrons. The number of nitrogens with one attached hydrogen (secondary N) is 2. The van der Waals surface area contributed by atoms with Gasteiger partial charge in [0.25, 0.3) is 0 Å². The summed E-state index contributed by atoms with van der Waals surface area (Å²) < 4.78 is 0. The van der Waals surface area contributed by atoms with E-state index in [1.54, 1.807) is 0 Å². The molecule has 1 fully saturated rings. The molecule has 3 atom stereocenters. The van der Waals surface area contributed by atoms with Crippen LogP contribution in [0.2, 0.25) is 0 Å². The van der Waals surface area contributed by atoms with Crippen molar-refractivity contribution in [2.75, 3.05) is 0 Å². The molecule has 0 bridgehead atoms. The number of benzene rings is 1. The SMILES string of the molecule is CC(C)CC(C)N[C@@H]1CCCC[C@H]1NCc1ccccc1. The summed E-state index contributed by atoms with van der Waals surface area (Å²) in [5, 5.41) is 7.66. The average Bonchev–Trinajstić information content (AvgIpc) is 2.46. The van der Waals surface area contributed by atoms with Crippen LogP contribution in [0.5, 0.6) is 0 Å². The highest BCUT2D eigenvalue weighted by Crippen LogP contribution is 2.20. The first-order chi connectivity index (χ1) is 10.1. The molecule has 2 heteroatoms. The molecule has 0 aromatic heterocycles. The second-order valence-electron chi connectivity index (χ2n) is 7.06. The van der Waals surface area contributed by atoms with Gasteiger partial charge in [-0.25, -0.2) is 0 Å². The second kappa shape index (κ2) is 8.55. The van der Waals surface area contributed by atoms with Crippen molar-refractivity contribution in [1.82, 2.24) is 10.6 Å². The van der Waals surface area contributed by atoms with Crippen LogP contribution < -0.4 is 10.6 Å². The van der Waals surface area contributed by atoms with Gasteiger partial charge in [-0.3, -0.25) is 0 Å². The summed E-state index contributed by atoms with van der Waals surface area (Å²) in [5.41, 5.74) is 1.39. The summed E-state index contributed by atoms with van der Waals surface area (Å²) in [4.78, 5) is 0. The Bertz CT molecular complexity index is 388. The molecule has 0 spiro atoms. The van der Waals surface area contributed by atoms with Gasteiger partial charge in [-0.15, -0.1) is 0 Å². The lowest BCUT2D eigenvalue weighted by atomic mass is 9.89. The fraction of sp³-hybridized carbons (Fsp3) is 0.684. The van der Waals surface area contributed by atoms with Gasteiger partial charge in [0.15, 0.2) is 0 Å². The average molecular weight is 288 g/mol. The van der Waals surface area contributed by atoms with Gasteiger partial charge in [0.05, 0.1) is 0 Å². The van der Waals surface area contributed by atoms with E-state index in [9.17, 15) is 0 Å². The number of hydrogen-bond donors (Lipinski definition) is 2. The topological polar surface area (TPSA) is 24.1 Å². The Hall–Kier alpha value is -0.860. The lowest BCUT2D eigenvalue weighted by Crippen LogP contribution is -2.52. The van der Waals surface area contributed by atoms with Gasteiger partial charge in [0.2, 0.25) is 0 Å². The Balaban J connectivity index is 1.83. The quantitative estimate of drug-likeness (QED) is 0.789. The van der Waals surface area contributed by atoms with Gasteiger partial charge in [-0.1, -0.05) is 57.0 Å². The van der Waals surface area contributed by atoms with Crippen molar-refractivity contribution in [3.8, 4) is 0 Å². The van der Waals surface area contributed by atoms with Crippen molar-refractivity contribution >= 4 is 0 Å². The van der Waals surface area contributed by atoms with Gasteiger partial charge < -0.3 is 10.6 Å². The van der Waals surface area contributed by atoms with E-state index in [0.717, 1.165) is 12.5 Å². The molecule has 0 aliphatic heterocycles. The summed E-state index contributed by atoms with van der Waals surface area (Å²) >= 11 is 0. The zero-order chi connectivity index (χ0) is 15.1. The molecule has 1 unspecified atom stereocenters. The van der Waals surface area contributed by atoms with Gasteiger partial charge in [-0.05, 0) is 37.7 Å². The Kier molecular flexibility index (Phi) is 6.72. The van der Waals surface area contributed by atoms with Crippen molar-refractivity contribution in [3.63, 3.8) is 0 Å². The fourth-order valence-electron chi connectivity index (χ4n) is 3.56. The van der Waals surface area contributed by atoms with Crippen LogP contribution in [-0.4, -0.2) is 18.1 Å². The summed E-state index contributed by atoms with van der Waals surface area (Å²) in [5.74, 6) is 0.770. The molecule has 1 aliphatic carbocycles. The molecule has 2 N–H and O–H groups in total. The predicted molar refractivity (Wildman–Crippen MR) is 91.4 cm³/mol. The number of hydrogen-bond acceptors (Lipinski definition) is 2. The van der Waals surface area contributed by atoms with Gasteiger partial charge >= 0.3 is 0 Å². The van der Waals surface area contributed by atoms with E-state index in [4.69, 9.17) is 0 Å². The van der Waals surface area contributed by atoms with E-state index >= 15 is 0 Å². The highest BCUT2D eigenvalue weighted by Gasteiger charge is 2.25. The Morgan fingerprint density at radius 3 is 2.33 bits per heavy atom. The minimum atomic E-state index is 0.619. The van der Waals surface area contributed by atoms with Gasteiger partial charge in [-0.2, -0.15) is 0 Å². The molecule has 0 amide bonds. The minimum absolute atomic E-state index is 0.619. The fourth-order valence-corrected chi connectivity index (χ4v) is 3.56.